The maximum Gasteiger partial charge on any atom is 0.119 e. The Bertz CT molecular complexity index is 334. The molecular weight excluding hydrogens is 246 g/mol. The van der Waals surface area contributed by atoms with E-state index in [1.807, 2.05) is 0 Å². The monoisotopic (exact) mass is 277 g/mol. The minimum Gasteiger partial charge on any atom is -0.494 e. The van der Waals surface area contributed by atoms with Gasteiger partial charge in [-0.1, -0.05) is 39.3 Å². The van der Waals surface area contributed by atoms with Crippen molar-refractivity contribution in [1.29, 1.82) is 0 Å². The first-order valence-electron chi connectivity index (χ1n) is 8.25. The zero-order valence-electron chi connectivity index (χ0n) is 13.5. The highest BCUT2D eigenvalue weighted by Crippen LogP contribution is 2.14. The SMILES string of the molecule is CCCNC(CC)CCCOc1ccc(CCC)cc1. The number of benzene rings is 1. The van der Waals surface area contributed by atoms with Crippen LogP contribution in [0.25, 0.3) is 0 Å². The third kappa shape index (κ3) is 6.95. The Hall–Kier alpha value is -1.02. The van der Waals surface area contributed by atoms with Crippen LogP contribution < -0.4 is 10.1 Å². The fraction of sp³-hybridized carbons (Fsp3) is 0.667. The van der Waals surface area contributed by atoms with Gasteiger partial charge in [0.15, 0.2) is 0 Å². The molecule has 1 unspecified atom stereocenters. The van der Waals surface area contributed by atoms with E-state index in [-0.39, 0.29) is 0 Å². The van der Waals surface area contributed by atoms with E-state index in [9.17, 15) is 0 Å². The van der Waals surface area contributed by atoms with Gasteiger partial charge in [0.25, 0.3) is 0 Å². The smallest absolute Gasteiger partial charge is 0.119 e. The Morgan fingerprint density at radius 2 is 1.80 bits per heavy atom. The summed E-state index contributed by atoms with van der Waals surface area (Å²) in [7, 11) is 0. The summed E-state index contributed by atoms with van der Waals surface area (Å²) in [6.45, 7) is 8.61. The Labute approximate surface area is 124 Å². The lowest BCUT2D eigenvalue weighted by Crippen LogP contribution is -2.29. The van der Waals surface area contributed by atoms with Crippen molar-refractivity contribution in [3.05, 3.63) is 29.8 Å². The largest absolute Gasteiger partial charge is 0.494 e. The van der Waals surface area contributed by atoms with Crippen LogP contribution in [0.5, 0.6) is 5.75 Å². The lowest BCUT2D eigenvalue weighted by Gasteiger charge is -2.16. The summed E-state index contributed by atoms with van der Waals surface area (Å²) in [5.41, 5.74) is 1.40. The van der Waals surface area contributed by atoms with Crippen LogP contribution in [0.15, 0.2) is 24.3 Å². The number of hydrogen-bond acceptors (Lipinski definition) is 2. The molecular formula is C18H31NO. The molecule has 1 N–H and O–H groups in total. The lowest BCUT2D eigenvalue weighted by molar-refractivity contribution is 0.294. The molecule has 0 aliphatic carbocycles. The molecule has 0 saturated carbocycles. The maximum atomic E-state index is 5.81. The maximum absolute atomic E-state index is 5.81. The number of nitrogens with one attached hydrogen (secondary N) is 1. The molecule has 114 valence electrons. The molecule has 0 fully saturated rings. The van der Waals surface area contributed by atoms with E-state index >= 15 is 0 Å². The van der Waals surface area contributed by atoms with Gasteiger partial charge in [-0.15, -0.1) is 0 Å². The van der Waals surface area contributed by atoms with Crippen molar-refractivity contribution in [2.45, 2.75) is 65.3 Å². The summed E-state index contributed by atoms with van der Waals surface area (Å²) in [5, 5.41) is 3.58. The van der Waals surface area contributed by atoms with Crippen LogP contribution in [0.2, 0.25) is 0 Å². The molecule has 0 amide bonds. The molecule has 2 nitrogen and oxygen atoms in total. The summed E-state index contributed by atoms with van der Waals surface area (Å²) in [5.74, 6) is 0.999. The van der Waals surface area contributed by atoms with Crippen molar-refractivity contribution in [3.8, 4) is 5.75 Å². The molecule has 2 heteroatoms. The first-order chi connectivity index (χ1) is 9.80. The van der Waals surface area contributed by atoms with Crippen molar-refractivity contribution in [1.82, 2.24) is 5.32 Å². The second-order valence-electron chi connectivity index (χ2n) is 5.44. The molecule has 0 heterocycles. The van der Waals surface area contributed by atoms with Crippen LogP contribution in [0.1, 0.15) is 58.4 Å². The number of hydrogen-bond donors (Lipinski definition) is 1. The van der Waals surface area contributed by atoms with Gasteiger partial charge in [-0.25, -0.2) is 0 Å². The zero-order chi connectivity index (χ0) is 14.6. The molecule has 1 rings (SSSR count). The Kier molecular flexibility index (Phi) is 9.14. The van der Waals surface area contributed by atoms with Crippen LogP contribution in [-0.2, 0) is 6.42 Å². The molecule has 1 aromatic carbocycles. The topological polar surface area (TPSA) is 21.3 Å². The first-order valence-corrected chi connectivity index (χ1v) is 8.25. The normalized spacial score (nSPS) is 12.3. The number of rotatable bonds is 11. The fourth-order valence-corrected chi connectivity index (χ4v) is 2.36. The van der Waals surface area contributed by atoms with Gasteiger partial charge >= 0.3 is 0 Å². The standard InChI is InChI=1S/C18H31NO/c1-4-8-16-10-12-18(13-11-16)20-15-7-9-17(6-3)19-14-5-2/h10-13,17,19H,4-9,14-15H2,1-3H3. The van der Waals surface area contributed by atoms with Gasteiger partial charge in [-0.2, -0.15) is 0 Å². The second kappa shape index (κ2) is 10.7. The Morgan fingerprint density at radius 3 is 2.40 bits per heavy atom. The van der Waals surface area contributed by atoms with E-state index in [1.54, 1.807) is 0 Å². The molecule has 0 radical (unpaired) electrons. The molecule has 1 atom stereocenters. The van der Waals surface area contributed by atoms with Crippen molar-refractivity contribution < 1.29 is 4.74 Å². The summed E-state index contributed by atoms with van der Waals surface area (Å²) in [6.07, 6.45) is 7.07. The van der Waals surface area contributed by atoms with E-state index in [1.165, 1.54) is 31.2 Å². The third-order valence-electron chi connectivity index (χ3n) is 3.60. The zero-order valence-corrected chi connectivity index (χ0v) is 13.5. The third-order valence-corrected chi connectivity index (χ3v) is 3.60. The Balaban J connectivity index is 2.19. The van der Waals surface area contributed by atoms with Gasteiger partial charge < -0.3 is 10.1 Å². The summed E-state index contributed by atoms with van der Waals surface area (Å²) in [6, 6.07) is 9.19. The number of ether oxygens (including phenoxy) is 1. The van der Waals surface area contributed by atoms with Crippen molar-refractivity contribution in [2.75, 3.05) is 13.2 Å². The van der Waals surface area contributed by atoms with E-state index in [2.05, 4.69) is 50.4 Å². The highest BCUT2D eigenvalue weighted by atomic mass is 16.5. The van der Waals surface area contributed by atoms with E-state index < -0.39 is 0 Å². The quantitative estimate of drug-likeness (QED) is 0.598. The van der Waals surface area contributed by atoms with Crippen molar-refractivity contribution >= 4 is 0 Å². The average molecular weight is 277 g/mol. The number of aryl methyl sites for hydroxylation is 1. The van der Waals surface area contributed by atoms with E-state index in [0.717, 1.165) is 31.7 Å². The van der Waals surface area contributed by atoms with Crippen LogP contribution in [0, 0.1) is 0 Å². The van der Waals surface area contributed by atoms with Gasteiger partial charge in [0.2, 0.25) is 0 Å². The first kappa shape index (κ1) is 17.0. The van der Waals surface area contributed by atoms with Crippen LogP contribution >= 0.6 is 0 Å². The highest BCUT2D eigenvalue weighted by Gasteiger charge is 2.04. The minimum absolute atomic E-state index is 0.644. The van der Waals surface area contributed by atoms with Crippen molar-refractivity contribution in [3.63, 3.8) is 0 Å². The average Bonchev–Trinajstić information content (AvgIpc) is 2.48. The highest BCUT2D eigenvalue weighted by molar-refractivity contribution is 5.27. The molecule has 0 spiro atoms. The predicted octanol–water partition coefficient (Wildman–Crippen LogP) is 4.58. The summed E-state index contributed by atoms with van der Waals surface area (Å²) >= 11 is 0. The molecule has 0 aliphatic rings. The van der Waals surface area contributed by atoms with Gasteiger partial charge in [-0.05, 0) is 56.3 Å². The van der Waals surface area contributed by atoms with E-state index in [4.69, 9.17) is 4.74 Å². The molecule has 0 saturated heterocycles. The minimum atomic E-state index is 0.644. The van der Waals surface area contributed by atoms with Crippen LogP contribution in [0.4, 0.5) is 0 Å². The predicted molar refractivity (Wildman–Crippen MR) is 87.5 cm³/mol. The van der Waals surface area contributed by atoms with Crippen LogP contribution in [0.3, 0.4) is 0 Å². The van der Waals surface area contributed by atoms with Gasteiger partial charge in [0, 0.05) is 6.04 Å². The molecule has 0 bridgehead atoms. The summed E-state index contributed by atoms with van der Waals surface area (Å²) in [4.78, 5) is 0. The lowest BCUT2D eigenvalue weighted by atomic mass is 10.1. The summed E-state index contributed by atoms with van der Waals surface area (Å²) < 4.78 is 5.81. The van der Waals surface area contributed by atoms with E-state index in [0.29, 0.717) is 6.04 Å². The molecule has 0 aromatic heterocycles. The van der Waals surface area contributed by atoms with Gasteiger partial charge in [-0.3, -0.25) is 0 Å². The second-order valence-corrected chi connectivity index (χ2v) is 5.44. The molecule has 1 aromatic rings. The van der Waals surface area contributed by atoms with Crippen molar-refractivity contribution in [2.24, 2.45) is 0 Å². The molecule has 0 aliphatic heterocycles. The fourth-order valence-electron chi connectivity index (χ4n) is 2.36. The molecule has 20 heavy (non-hydrogen) atoms. The van der Waals surface area contributed by atoms with Crippen LogP contribution in [-0.4, -0.2) is 19.2 Å². The Morgan fingerprint density at radius 1 is 1.05 bits per heavy atom. The van der Waals surface area contributed by atoms with Gasteiger partial charge in [0.05, 0.1) is 6.61 Å². The van der Waals surface area contributed by atoms with Gasteiger partial charge in [0.1, 0.15) is 5.75 Å².